The van der Waals surface area contributed by atoms with E-state index in [1.807, 2.05) is 9.80 Å². The van der Waals surface area contributed by atoms with Crippen molar-refractivity contribution in [1.82, 2.24) is 19.2 Å². The second kappa shape index (κ2) is 10.3. The average Bonchev–Trinajstić information content (AvgIpc) is 3.29. The zero-order valence-electron chi connectivity index (χ0n) is 18.1. The third-order valence-corrected chi connectivity index (χ3v) is 6.33. The van der Waals surface area contributed by atoms with Gasteiger partial charge < -0.3 is 10.6 Å². The third kappa shape index (κ3) is 5.68. The minimum Gasteiger partial charge on any atom is -0.308 e. The fraction of sp³-hybridized carbons (Fsp3) is 0.364. The molecule has 3 aromatic rings. The number of pyridine rings is 1. The number of urea groups is 1. The van der Waals surface area contributed by atoms with Gasteiger partial charge in [0, 0.05) is 57.3 Å². The minimum absolute atomic E-state index is 0.0258. The van der Waals surface area contributed by atoms with E-state index in [9.17, 15) is 22.4 Å². The van der Waals surface area contributed by atoms with Gasteiger partial charge in [0.15, 0.2) is 5.65 Å². The van der Waals surface area contributed by atoms with E-state index in [4.69, 9.17) is 0 Å². The van der Waals surface area contributed by atoms with Crippen molar-refractivity contribution in [2.45, 2.75) is 12.7 Å². The fourth-order valence-electron chi connectivity index (χ4n) is 3.95. The van der Waals surface area contributed by atoms with Crippen LogP contribution in [0.5, 0.6) is 0 Å². The first kappa shape index (κ1) is 24.4. The van der Waals surface area contributed by atoms with Crippen molar-refractivity contribution in [1.29, 1.82) is 0 Å². The molecule has 2 N–H and O–H groups in total. The molecule has 182 valence electrons. The summed E-state index contributed by atoms with van der Waals surface area (Å²) in [6, 6.07) is 6.47. The van der Waals surface area contributed by atoms with Gasteiger partial charge >= 0.3 is 12.2 Å². The zero-order chi connectivity index (χ0) is 24.3. The predicted octanol–water partition coefficient (Wildman–Crippen LogP) is 4.85. The number of imidazole rings is 1. The Morgan fingerprint density at radius 3 is 2.50 bits per heavy atom. The topological polar surface area (TPSA) is 64.9 Å². The van der Waals surface area contributed by atoms with Crippen molar-refractivity contribution in [3.8, 4) is 0 Å². The molecule has 7 nitrogen and oxygen atoms in total. The van der Waals surface area contributed by atoms with Gasteiger partial charge in [-0.3, -0.25) is 14.2 Å². The second-order valence-corrected chi connectivity index (χ2v) is 8.76. The summed E-state index contributed by atoms with van der Waals surface area (Å²) in [7, 11) is 0. The molecule has 1 aromatic carbocycles. The number of hydrogen-bond donors (Lipinski definition) is 2. The number of alkyl halides is 4. The lowest BCUT2D eigenvalue weighted by Gasteiger charge is -2.34. The number of nitrogens with zero attached hydrogens (tertiary/aromatic N) is 4. The van der Waals surface area contributed by atoms with E-state index in [0.29, 0.717) is 44.1 Å². The highest BCUT2D eigenvalue weighted by molar-refractivity contribution is 9.10. The van der Waals surface area contributed by atoms with Crippen molar-refractivity contribution in [3.63, 3.8) is 0 Å². The van der Waals surface area contributed by atoms with Gasteiger partial charge in [0.25, 0.3) is 0 Å². The molecule has 2 aromatic heterocycles. The van der Waals surface area contributed by atoms with Crippen LogP contribution in [-0.4, -0.2) is 64.6 Å². The molecule has 12 heteroatoms. The first-order valence-electron chi connectivity index (χ1n) is 10.6. The van der Waals surface area contributed by atoms with Crippen LogP contribution in [0.15, 0.2) is 47.3 Å². The van der Waals surface area contributed by atoms with Crippen LogP contribution in [-0.2, 0) is 12.7 Å². The Balaban J connectivity index is 1.46. The summed E-state index contributed by atoms with van der Waals surface area (Å²) in [4.78, 5) is 20.5. The van der Waals surface area contributed by atoms with E-state index in [1.54, 1.807) is 28.9 Å². The Labute approximate surface area is 201 Å². The maximum atomic E-state index is 13.8. The largest absolute Gasteiger partial charge is 0.416 e. The normalized spacial score (nSPS) is 15.6. The van der Waals surface area contributed by atoms with Crippen molar-refractivity contribution in [3.05, 3.63) is 58.5 Å². The highest BCUT2D eigenvalue weighted by Gasteiger charge is 2.34. The SMILES string of the molecule is O=C(Nc1ccc(CN2CCN(CCF)CC2)c(C(F)(F)F)c1)Nc1ccc(Br)n2ccnc12. The molecule has 0 saturated carbocycles. The molecule has 0 unspecified atom stereocenters. The summed E-state index contributed by atoms with van der Waals surface area (Å²) in [6.45, 7) is 2.40. The molecule has 0 bridgehead atoms. The molecule has 34 heavy (non-hydrogen) atoms. The number of carbonyl (C=O) groups is 1. The van der Waals surface area contributed by atoms with Crippen LogP contribution in [0.2, 0.25) is 0 Å². The monoisotopic (exact) mass is 542 g/mol. The standard InChI is InChI=1S/C22H23BrF4N6O/c23-19-4-3-18(20-28-6-8-33(19)20)30-21(34)29-16-2-1-15(17(13-16)22(25,26)27)14-32-11-9-31(7-5-24)10-12-32/h1-4,6,8,13H,5,7,9-12,14H2,(H2,29,30,34). The van der Waals surface area contributed by atoms with Gasteiger partial charge in [-0.2, -0.15) is 13.2 Å². The summed E-state index contributed by atoms with van der Waals surface area (Å²) in [5.74, 6) is 0. The van der Waals surface area contributed by atoms with Crippen LogP contribution >= 0.6 is 15.9 Å². The number of amides is 2. The Kier molecular flexibility index (Phi) is 7.39. The summed E-state index contributed by atoms with van der Waals surface area (Å²) in [5, 5.41) is 5.10. The van der Waals surface area contributed by atoms with Gasteiger partial charge in [0.05, 0.1) is 15.9 Å². The molecule has 0 spiro atoms. The Morgan fingerprint density at radius 1 is 1.06 bits per heavy atom. The summed E-state index contributed by atoms with van der Waals surface area (Å²) in [5.41, 5.74) is 0.255. The number of benzene rings is 1. The van der Waals surface area contributed by atoms with Gasteiger partial charge in [-0.25, -0.2) is 14.2 Å². The number of fused-ring (bicyclic) bond motifs is 1. The van der Waals surface area contributed by atoms with Crippen LogP contribution in [0.25, 0.3) is 5.65 Å². The van der Waals surface area contributed by atoms with Crippen LogP contribution in [0.1, 0.15) is 11.1 Å². The number of anilines is 2. The zero-order valence-corrected chi connectivity index (χ0v) is 19.7. The van der Waals surface area contributed by atoms with Gasteiger partial charge in [0.1, 0.15) is 6.67 Å². The Hall–Kier alpha value is -2.70. The van der Waals surface area contributed by atoms with Gasteiger partial charge in [-0.05, 0) is 45.8 Å². The third-order valence-electron chi connectivity index (χ3n) is 5.68. The van der Waals surface area contributed by atoms with Crippen molar-refractivity contribution >= 4 is 39.0 Å². The van der Waals surface area contributed by atoms with Gasteiger partial charge in [-0.15, -0.1) is 0 Å². The molecule has 0 aliphatic carbocycles. The number of rotatable bonds is 6. The van der Waals surface area contributed by atoms with Crippen LogP contribution < -0.4 is 10.6 Å². The lowest BCUT2D eigenvalue weighted by Crippen LogP contribution is -2.46. The van der Waals surface area contributed by atoms with E-state index in [0.717, 1.165) is 10.7 Å². The molecular formula is C22H23BrF4N6O. The van der Waals surface area contributed by atoms with Crippen LogP contribution in [0.4, 0.5) is 33.7 Å². The molecule has 1 saturated heterocycles. The molecular weight excluding hydrogens is 520 g/mol. The molecule has 1 aliphatic rings. The fourth-order valence-corrected chi connectivity index (χ4v) is 4.37. The predicted molar refractivity (Wildman–Crippen MR) is 125 cm³/mol. The van der Waals surface area contributed by atoms with Crippen molar-refractivity contribution < 1.29 is 22.4 Å². The van der Waals surface area contributed by atoms with E-state index in [1.165, 1.54) is 12.1 Å². The molecule has 3 heterocycles. The van der Waals surface area contributed by atoms with E-state index < -0.39 is 24.4 Å². The number of halogens is 5. The van der Waals surface area contributed by atoms with Crippen molar-refractivity contribution in [2.75, 3.05) is 50.0 Å². The minimum atomic E-state index is -4.58. The second-order valence-electron chi connectivity index (χ2n) is 7.95. The highest BCUT2D eigenvalue weighted by atomic mass is 79.9. The van der Waals surface area contributed by atoms with E-state index in [-0.39, 0.29) is 17.8 Å². The Bertz CT molecular complexity index is 1160. The number of hydrogen-bond acceptors (Lipinski definition) is 4. The maximum absolute atomic E-state index is 13.8. The van der Waals surface area contributed by atoms with Gasteiger partial charge in [-0.1, -0.05) is 6.07 Å². The number of piperazine rings is 1. The summed E-state index contributed by atoms with van der Waals surface area (Å²) >= 11 is 3.38. The number of carbonyl (C=O) groups excluding carboxylic acids is 1. The first-order chi connectivity index (χ1) is 16.2. The maximum Gasteiger partial charge on any atom is 0.416 e. The lowest BCUT2D eigenvalue weighted by molar-refractivity contribution is -0.138. The molecule has 0 radical (unpaired) electrons. The lowest BCUT2D eigenvalue weighted by atomic mass is 10.0. The highest BCUT2D eigenvalue weighted by Crippen LogP contribution is 2.34. The molecule has 1 aliphatic heterocycles. The van der Waals surface area contributed by atoms with Crippen LogP contribution in [0.3, 0.4) is 0 Å². The van der Waals surface area contributed by atoms with Crippen molar-refractivity contribution in [2.24, 2.45) is 0 Å². The average molecular weight is 543 g/mol. The van der Waals surface area contributed by atoms with E-state index in [2.05, 4.69) is 31.5 Å². The molecule has 2 amide bonds. The Morgan fingerprint density at radius 2 is 1.79 bits per heavy atom. The molecule has 1 fully saturated rings. The smallest absolute Gasteiger partial charge is 0.308 e. The summed E-state index contributed by atoms with van der Waals surface area (Å²) < 4.78 is 56.3. The first-order valence-corrected chi connectivity index (χ1v) is 11.4. The summed E-state index contributed by atoms with van der Waals surface area (Å²) in [6.07, 6.45) is -1.30. The number of aromatic nitrogens is 2. The quantitative estimate of drug-likeness (QED) is 0.345. The molecule has 4 rings (SSSR count). The molecule has 0 atom stereocenters. The number of nitrogens with one attached hydrogen (secondary N) is 2. The van der Waals surface area contributed by atoms with Crippen LogP contribution in [0, 0.1) is 0 Å². The van der Waals surface area contributed by atoms with E-state index >= 15 is 0 Å². The van der Waals surface area contributed by atoms with Gasteiger partial charge in [0.2, 0.25) is 0 Å².